The zero-order valence-electron chi connectivity index (χ0n) is 9.34. The summed E-state index contributed by atoms with van der Waals surface area (Å²) in [6, 6.07) is 0. The highest BCUT2D eigenvalue weighted by atomic mass is 16.2. The first-order valence-electron chi connectivity index (χ1n) is 5.21. The fraction of sp³-hybridized carbons (Fsp3) is 0.900. The maximum absolute atomic E-state index is 11.8. The fourth-order valence-corrected chi connectivity index (χ4v) is 2.11. The Morgan fingerprint density at radius 1 is 1.57 bits per heavy atom. The lowest BCUT2D eigenvalue weighted by Gasteiger charge is -2.36. The molecular weight excluding hydrogens is 178 g/mol. The number of nitrogens with two attached hydrogens (primary N) is 1. The monoisotopic (exact) mass is 199 g/mol. The van der Waals surface area contributed by atoms with Crippen molar-refractivity contribution in [1.82, 2.24) is 10.4 Å². The third-order valence-corrected chi connectivity index (χ3v) is 2.81. The van der Waals surface area contributed by atoms with Crippen LogP contribution in [0.2, 0.25) is 0 Å². The molecule has 2 unspecified atom stereocenters. The molecular formula is C10H21N3O. The zero-order chi connectivity index (χ0) is 10.8. The molecule has 1 fully saturated rings. The molecule has 0 radical (unpaired) electrons. The van der Waals surface area contributed by atoms with E-state index < -0.39 is 5.54 Å². The van der Waals surface area contributed by atoms with Gasteiger partial charge in [-0.25, -0.2) is 5.01 Å². The first-order valence-corrected chi connectivity index (χ1v) is 5.21. The number of rotatable bonds is 2. The second kappa shape index (κ2) is 4.28. The molecule has 1 amide bonds. The van der Waals surface area contributed by atoms with Crippen LogP contribution in [0.25, 0.3) is 0 Å². The summed E-state index contributed by atoms with van der Waals surface area (Å²) in [5.74, 6) is 0.510. The molecule has 0 heterocycles. The highest BCUT2D eigenvalue weighted by Gasteiger charge is 2.38. The van der Waals surface area contributed by atoms with Gasteiger partial charge in [-0.05, 0) is 18.8 Å². The second-order valence-corrected chi connectivity index (χ2v) is 4.69. The van der Waals surface area contributed by atoms with Gasteiger partial charge in [-0.1, -0.05) is 19.8 Å². The molecule has 4 heteroatoms. The molecule has 0 aromatic heterocycles. The number of carbonyl (C=O) groups is 1. The summed E-state index contributed by atoms with van der Waals surface area (Å²) in [5, 5.41) is 1.65. The number of amides is 1. The van der Waals surface area contributed by atoms with Crippen LogP contribution < -0.4 is 11.2 Å². The molecule has 14 heavy (non-hydrogen) atoms. The third-order valence-electron chi connectivity index (χ3n) is 2.81. The summed E-state index contributed by atoms with van der Waals surface area (Å²) in [5.41, 5.74) is 8.19. The average Bonchev–Trinajstić information content (AvgIpc) is 2.02. The SMILES string of the molecule is CC1CCCC(N)(C(=O)NN(C)C)C1. The van der Waals surface area contributed by atoms with Crippen LogP contribution in [-0.4, -0.2) is 30.6 Å². The Labute approximate surface area is 85.8 Å². The van der Waals surface area contributed by atoms with E-state index >= 15 is 0 Å². The molecule has 1 aliphatic rings. The van der Waals surface area contributed by atoms with E-state index in [1.807, 2.05) is 0 Å². The molecule has 1 aliphatic carbocycles. The average molecular weight is 199 g/mol. The van der Waals surface area contributed by atoms with Crippen molar-refractivity contribution in [3.8, 4) is 0 Å². The molecule has 0 spiro atoms. The van der Waals surface area contributed by atoms with Gasteiger partial charge in [0.15, 0.2) is 0 Å². The van der Waals surface area contributed by atoms with Crippen LogP contribution in [-0.2, 0) is 4.79 Å². The van der Waals surface area contributed by atoms with Crippen molar-refractivity contribution >= 4 is 5.91 Å². The molecule has 0 aliphatic heterocycles. The number of hydrazine groups is 1. The van der Waals surface area contributed by atoms with Crippen LogP contribution in [0.15, 0.2) is 0 Å². The van der Waals surface area contributed by atoms with Crippen molar-refractivity contribution in [2.45, 2.75) is 38.1 Å². The largest absolute Gasteiger partial charge is 0.317 e. The van der Waals surface area contributed by atoms with Gasteiger partial charge in [-0.2, -0.15) is 0 Å². The smallest absolute Gasteiger partial charge is 0.254 e. The van der Waals surface area contributed by atoms with Crippen LogP contribution in [0.5, 0.6) is 0 Å². The second-order valence-electron chi connectivity index (χ2n) is 4.69. The Bertz CT molecular complexity index is 217. The lowest BCUT2D eigenvalue weighted by Crippen LogP contribution is -2.58. The molecule has 4 nitrogen and oxygen atoms in total. The first-order chi connectivity index (χ1) is 6.44. The Hall–Kier alpha value is -0.610. The highest BCUT2D eigenvalue weighted by Crippen LogP contribution is 2.30. The van der Waals surface area contributed by atoms with Crippen molar-refractivity contribution in [2.24, 2.45) is 11.7 Å². The number of hydrogen-bond acceptors (Lipinski definition) is 3. The molecule has 0 saturated heterocycles. The summed E-state index contributed by atoms with van der Waals surface area (Å²) < 4.78 is 0. The summed E-state index contributed by atoms with van der Waals surface area (Å²) in [7, 11) is 3.60. The normalized spacial score (nSPS) is 33.1. The topological polar surface area (TPSA) is 58.4 Å². The maximum Gasteiger partial charge on any atom is 0.254 e. The van der Waals surface area contributed by atoms with E-state index in [0.717, 1.165) is 19.3 Å². The molecule has 2 atom stereocenters. The number of hydrogen-bond donors (Lipinski definition) is 2. The van der Waals surface area contributed by atoms with Gasteiger partial charge in [0.05, 0.1) is 5.54 Å². The molecule has 82 valence electrons. The van der Waals surface area contributed by atoms with E-state index in [4.69, 9.17) is 5.73 Å². The van der Waals surface area contributed by atoms with Crippen LogP contribution in [0.1, 0.15) is 32.6 Å². The molecule has 1 saturated carbocycles. The van der Waals surface area contributed by atoms with Crippen molar-refractivity contribution in [2.75, 3.05) is 14.1 Å². The predicted molar refractivity (Wildman–Crippen MR) is 56.4 cm³/mol. The predicted octanol–water partition coefficient (Wildman–Crippen LogP) is 0.487. The van der Waals surface area contributed by atoms with E-state index in [1.165, 1.54) is 6.42 Å². The number of carbonyl (C=O) groups excluding carboxylic acids is 1. The van der Waals surface area contributed by atoms with Gasteiger partial charge in [0.1, 0.15) is 0 Å². The Kier molecular flexibility index (Phi) is 3.50. The van der Waals surface area contributed by atoms with E-state index in [1.54, 1.807) is 19.1 Å². The first kappa shape index (κ1) is 11.5. The van der Waals surface area contributed by atoms with Crippen LogP contribution in [0.3, 0.4) is 0 Å². The van der Waals surface area contributed by atoms with E-state index in [9.17, 15) is 4.79 Å². The summed E-state index contributed by atoms with van der Waals surface area (Å²) >= 11 is 0. The van der Waals surface area contributed by atoms with Gasteiger partial charge in [0.25, 0.3) is 5.91 Å². The zero-order valence-corrected chi connectivity index (χ0v) is 9.34. The lowest BCUT2D eigenvalue weighted by atomic mass is 9.76. The number of nitrogens with zero attached hydrogens (tertiary/aromatic N) is 1. The van der Waals surface area contributed by atoms with Gasteiger partial charge in [0, 0.05) is 14.1 Å². The Morgan fingerprint density at radius 3 is 2.71 bits per heavy atom. The van der Waals surface area contributed by atoms with Crippen molar-refractivity contribution in [3.63, 3.8) is 0 Å². The van der Waals surface area contributed by atoms with Crippen LogP contribution in [0.4, 0.5) is 0 Å². The summed E-state index contributed by atoms with van der Waals surface area (Å²) in [6.07, 6.45) is 3.84. The van der Waals surface area contributed by atoms with Crippen LogP contribution >= 0.6 is 0 Å². The Balaban J connectivity index is 2.59. The van der Waals surface area contributed by atoms with Crippen LogP contribution in [0, 0.1) is 5.92 Å². The maximum atomic E-state index is 11.8. The minimum atomic E-state index is -0.651. The molecule has 3 N–H and O–H groups in total. The van der Waals surface area contributed by atoms with Crippen molar-refractivity contribution in [1.29, 1.82) is 0 Å². The molecule has 1 rings (SSSR count). The van der Waals surface area contributed by atoms with Gasteiger partial charge >= 0.3 is 0 Å². The molecule has 0 aromatic carbocycles. The van der Waals surface area contributed by atoms with E-state index in [-0.39, 0.29) is 5.91 Å². The molecule has 0 aromatic rings. The third kappa shape index (κ3) is 2.69. The summed E-state index contributed by atoms with van der Waals surface area (Å²) in [6.45, 7) is 2.16. The van der Waals surface area contributed by atoms with Crippen molar-refractivity contribution < 1.29 is 4.79 Å². The molecule has 0 bridgehead atoms. The Morgan fingerprint density at radius 2 is 2.21 bits per heavy atom. The standard InChI is InChI=1S/C10H21N3O/c1-8-5-4-6-10(11,7-8)9(14)12-13(2)3/h8H,4-7,11H2,1-3H3,(H,12,14). The minimum absolute atomic E-state index is 0.0472. The summed E-state index contributed by atoms with van der Waals surface area (Å²) in [4.78, 5) is 11.8. The fourth-order valence-electron chi connectivity index (χ4n) is 2.11. The highest BCUT2D eigenvalue weighted by molar-refractivity contribution is 5.85. The van der Waals surface area contributed by atoms with Gasteiger partial charge in [0.2, 0.25) is 0 Å². The lowest BCUT2D eigenvalue weighted by molar-refractivity contribution is -0.132. The van der Waals surface area contributed by atoms with Gasteiger partial charge in [-0.15, -0.1) is 0 Å². The van der Waals surface area contributed by atoms with E-state index in [0.29, 0.717) is 5.92 Å². The van der Waals surface area contributed by atoms with E-state index in [2.05, 4.69) is 12.3 Å². The van der Waals surface area contributed by atoms with Gasteiger partial charge in [-0.3, -0.25) is 10.2 Å². The van der Waals surface area contributed by atoms with Crippen molar-refractivity contribution in [3.05, 3.63) is 0 Å². The minimum Gasteiger partial charge on any atom is -0.317 e. The van der Waals surface area contributed by atoms with Gasteiger partial charge < -0.3 is 5.73 Å². The quantitative estimate of drug-likeness (QED) is 0.636. The number of nitrogens with one attached hydrogen (secondary N) is 1.